The van der Waals surface area contributed by atoms with Crippen molar-refractivity contribution in [2.75, 3.05) is 18.9 Å². The van der Waals surface area contributed by atoms with Gasteiger partial charge in [0, 0.05) is 6.07 Å². The zero-order valence-electron chi connectivity index (χ0n) is 5.41. The molecule has 0 atom stereocenters. The summed E-state index contributed by atoms with van der Waals surface area (Å²) in [7, 11) is 0. The summed E-state index contributed by atoms with van der Waals surface area (Å²) in [6, 6.07) is 1.74. The molecular formula is C6H8N2O2. The van der Waals surface area contributed by atoms with Gasteiger partial charge in [0.25, 0.3) is 0 Å². The van der Waals surface area contributed by atoms with Gasteiger partial charge in [0.2, 0.25) is 5.88 Å². The van der Waals surface area contributed by atoms with Gasteiger partial charge < -0.3 is 15.0 Å². The Labute approximate surface area is 57.9 Å². The van der Waals surface area contributed by atoms with Crippen LogP contribution in [0, 0.1) is 0 Å². The first-order valence-corrected chi connectivity index (χ1v) is 3.16. The molecule has 0 aliphatic carbocycles. The molecule has 1 aromatic rings. The topological polar surface area (TPSA) is 61.3 Å². The van der Waals surface area contributed by atoms with E-state index < -0.39 is 0 Å². The van der Waals surface area contributed by atoms with E-state index in [1.807, 2.05) is 0 Å². The first kappa shape index (κ1) is 5.73. The van der Waals surface area contributed by atoms with Crippen molar-refractivity contribution in [2.45, 2.75) is 5.92 Å². The zero-order valence-corrected chi connectivity index (χ0v) is 5.41. The highest BCUT2D eigenvalue weighted by Gasteiger charge is 2.23. The van der Waals surface area contributed by atoms with Crippen LogP contribution >= 0.6 is 0 Å². The van der Waals surface area contributed by atoms with E-state index in [-0.39, 0.29) is 0 Å². The zero-order chi connectivity index (χ0) is 6.97. The average Bonchev–Trinajstić information content (AvgIpc) is 2.10. The van der Waals surface area contributed by atoms with E-state index in [0.29, 0.717) is 11.8 Å². The van der Waals surface area contributed by atoms with E-state index in [9.17, 15) is 0 Å². The van der Waals surface area contributed by atoms with Gasteiger partial charge in [-0.3, -0.25) is 0 Å². The molecule has 0 spiro atoms. The third-order valence-corrected chi connectivity index (χ3v) is 1.60. The number of nitrogens with zero attached hydrogens (tertiary/aromatic N) is 1. The van der Waals surface area contributed by atoms with Crippen molar-refractivity contribution in [3.63, 3.8) is 0 Å². The number of aromatic nitrogens is 1. The van der Waals surface area contributed by atoms with Crippen molar-refractivity contribution in [3.05, 3.63) is 11.8 Å². The highest BCUT2D eigenvalue weighted by molar-refractivity contribution is 5.26. The van der Waals surface area contributed by atoms with Crippen molar-refractivity contribution in [3.8, 4) is 0 Å². The SMILES string of the molecule is Nc1cc(C2COC2)no1. The maximum Gasteiger partial charge on any atom is 0.222 e. The summed E-state index contributed by atoms with van der Waals surface area (Å²) in [6.45, 7) is 1.48. The minimum atomic E-state index is 0.377. The molecule has 2 N–H and O–H groups in total. The fourth-order valence-electron chi connectivity index (χ4n) is 0.903. The van der Waals surface area contributed by atoms with E-state index in [1.54, 1.807) is 6.07 Å². The largest absolute Gasteiger partial charge is 0.380 e. The van der Waals surface area contributed by atoms with Crippen molar-refractivity contribution < 1.29 is 9.26 Å². The summed E-state index contributed by atoms with van der Waals surface area (Å²) in [4.78, 5) is 0. The molecule has 1 aliphatic rings. The Balaban J connectivity index is 2.17. The van der Waals surface area contributed by atoms with Crippen molar-refractivity contribution >= 4 is 5.88 Å². The van der Waals surface area contributed by atoms with E-state index in [0.717, 1.165) is 18.9 Å². The number of ether oxygens (including phenoxy) is 1. The summed E-state index contributed by atoms with van der Waals surface area (Å²) in [6.07, 6.45) is 0. The molecule has 54 valence electrons. The third kappa shape index (κ3) is 0.769. The van der Waals surface area contributed by atoms with Crippen LogP contribution in [0.1, 0.15) is 11.6 Å². The van der Waals surface area contributed by atoms with Crippen LogP contribution in [0.2, 0.25) is 0 Å². The summed E-state index contributed by atoms with van der Waals surface area (Å²) in [5.74, 6) is 0.781. The molecule has 0 bridgehead atoms. The lowest BCUT2D eigenvalue weighted by Crippen LogP contribution is -2.25. The summed E-state index contributed by atoms with van der Waals surface area (Å²) in [5, 5.41) is 3.76. The number of hydrogen-bond donors (Lipinski definition) is 1. The fourth-order valence-corrected chi connectivity index (χ4v) is 0.903. The summed E-state index contributed by atoms with van der Waals surface area (Å²) < 4.78 is 9.67. The van der Waals surface area contributed by atoms with Gasteiger partial charge in [-0.15, -0.1) is 0 Å². The summed E-state index contributed by atoms with van der Waals surface area (Å²) >= 11 is 0. The Morgan fingerprint density at radius 1 is 1.60 bits per heavy atom. The quantitative estimate of drug-likeness (QED) is 0.612. The van der Waals surface area contributed by atoms with Gasteiger partial charge in [-0.1, -0.05) is 5.16 Å². The van der Waals surface area contributed by atoms with Crippen molar-refractivity contribution in [2.24, 2.45) is 0 Å². The second kappa shape index (κ2) is 1.98. The summed E-state index contributed by atoms with van der Waals surface area (Å²) in [5.41, 5.74) is 6.23. The second-order valence-corrected chi connectivity index (χ2v) is 2.39. The van der Waals surface area contributed by atoms with E-state index in [1.165, 1.54) is 0 Å². The van der Waals surface area contributed by atoms with Crippen LogP contribution in [-0.2, 0) is 4.74 Å². The fraction of sp³-hybridized carbons (Fsp3) is 0.500. The lowest BCUT2D eigenvalue weighted by atomic mass is 10.1. The molecule has 0 aromatic carbocycles. The maximum absolute atomic E-state index is 5.33. The lowest BCUT2D eigenvalue weighted by molar-refractivity contribution is 0.00558. The van der Waals surface area contributed by atoms with Gasteiger partial charge in [-0.05, 0) is 0 Å². The molecule has 1 aliphatic heterocycles. The van der Waals surface area contributed by atoms with Gasteiger partial charge in [-0.25, -0.2) is 0 Å². The molecular weight excluding hydrogens is 132 g/mol. The monoisotopic (exact) mass is 140 g/mol. The molecule has 1 aromatic heterocycles. The van der Waals surface area contributed by atoms with Crippen LogP contribution in [0.25, 0.3) is 0 Å². The Morgan fingerprint density at radius 2 is 2.40 bits per heavy atom. The van der Waals surface area contributed by atoms with Gasteiger partial charge in [0.1, 0.15) is 0 Å². The van der Waals surface area contributed by atoms with Crippen LogP contribution in [0.15, 0.2) is 10.6 Å². The first-order chi connectivity index (χ1) is 4.86. The molecule has 4 heteroatoms. The van der Waals surface area contributed by atoms with Crippen LogP contribution < -0.4 is 5.73 Å². The van der Waals surface area contributed by atoms with Crippen LogP contribution in [0.4, 0.5) is 5.88 Å². The predicted octanol–water partition coefficient (Wildman–Crippen LogP) is 0.371. The van der Waals surface area contributed by atoms with Crippen molar-refractivity contribution in [1.82, 2.24) is 5.16 Å². The minimum absolute atomic E-state index is 0.377. The molecule has 0 unspecified atom stereocenters. The Hall–Kier alpha value is -1.03. The smallest absolute Gasteiger partial charge is 0.222 e. The number of nitrogen functional groups attached to an aromatic ring is 1. The van der Waals surface area contributed by atoms with E-state index in [4.69, 9.17) is 15.0 Å². The normalized spacial score (nSPS) is 18.8. The Morgan fingerprint density at radius 3 is 2.80 bits per heavy atom. The maximum atomic E-state index is 5.33. The highest BCUT2D eigenvalue weighted by Crippen LogP contribution is 2.23. The van der Waals surface area contributed by atoms with Crippen LogP contribution in [-0.4, -0.2) is 18.4 Å². The lowest BCUT2D eigenvalue weighted by Gasteiger charge is -2.22. The van der Waals surface area contributed by atoms with Gasteiger partial charge in [0.15, 0.2) is 0 Å². The third-order valence-electron chi connectivity index (χ3n) is 1.60. The number of rotatable bonds is 1. The Bertz CT molecular complexity index is 229. The van der Waals surface area contributed by atoms with Crippen LogP contribution in [0.3, 0.4) is 0 Å². The Kier molecular flexibility index (Phi) is 1.14. The molecule has 0 amide bonds. The van der Waals surface area contributed by atoms with E-state index in [2.05, 4.69) is 5.16 Å². The van der Waals surface area contributed by atoms with Crippen LogP contribution in [0.5, 0.6) is 0 Å². The highest BCUT2D eigenvalue weighted by atomic mass is 16.5. The van der Waals surface area contributed by atoms with Gasteiger partial charge in [0.05, 0.1) is 24.8 Å². The molecule has 2 heterocycles. The molecule has 10 heavy (non-hydrogen) atoms. The minimum Gasteiger partial charge on any atom is -0.380 e. The molecule has 0 saturated carbocycles. The average molecular weight is 140 g/mol. The van der Waals surface area contributed by atoms with E-state index >= 15 is 0 Å². The molecule has 0 radical (unpaired) electrons. The number of anilines is 1. The standard InChI is InChI=1S/C6H8N2O2/c7-6-1-5(8-10-6)4-2-9-3-4/h1,4H,2-3,7H2. The van der Waals surface area contributed by atoms with Gasteiger partial charge >= 0.3 is 0 Å². The molecule has 1 saturated heterocycles. The molecule has 1 fully saturated rings. The van der Waals surface area contributed by atoms with Gasteiger partial charge in [-0.2, -0.15) is 0 Å². The van der Waals surface area contributed by atoms with Crippen molar-refractivity contribution in [1.29, 1.82) is 0 Å². The molecule has 4 nitrogen and oxygen atoms in total. The predicted molar refractivity (Wildman–Crippen MR) is 34.5 cm³/mol. The molecule has 2 rings (SSSR count). The second-order valence-electron chi connectivity index (χ2n) is 2.39. The number of nitrogens with two attached hydrogens (primary N) is 1. The first-order valence-electron chi connectivity index (χ1n) is 3.16. The number of hydrogen-bond acceptors (Lipinski definition) is 4.